The van der Waals surface area contributed by atoms with E-state index in [1.54, 1.807) is 0 Å². The van der Waals surface area contributed by atoms with E-state index in [2.05, 4.69) is 64.1 Å². The first-order chi connectivity index (χ1) is 22.9. The molecule has 0 saturated heterocycles. The van der Waals surface area contributed by atoms with Crippen molar-refractivity contribution in [3.63, 3.8) is 0 Å². The maximum atomic E-state index is 14.3. The largest absolute Gasteiger partial charge is 0.480 e. The zero-order valence-corrected chi connectivity index (χ0v) is 31.2. The fourth-order valence-electron chi connectivity index (χ4n) is 13.0. The molecule has 5 aliphatic rings. The number of allylic oxidation sites excluding steroid dienone is 1. The van der Waals surface area contributed by atoms with Crippen LogP contribution in [0.2, 0.25) is 0 Å². The molecule has 5 aliphatic carbocycles. The Kier molecular flexibility index (Phi) is 10.8. The molecule has 9 heteroatoms. The van der Waals surface area contributed by atoms with Gasteiger partial charge in [-0.15, -0.1) is 0 Å². The van der Waals surface area contributed by atoms with Gasteiger partial charge in [-0.05, 0) is 135 Å². The van der Waals surface area contributed by atoms with E-state index in [1.807, 2.05) is 0 Å². The summed E-state index contributed by atoms with van der Waals surface area (Å²) in [6.45, 7) is 19.0. The highest BCUT2D eigenvalue weighted by Gasteiger charge is 2.71. The summed E-state index contributed by atoms with van der Waals surface area (Å²) in [5.41, 5.74) is 1.42. The van der Waals surface area contributed by atoms with Crippen molar-refractivity contribution in [1.82, 2.24) is 16.0 Å². The third-order valence-corrected chi connectivity index (χ3v) is 15.7. The Morgan fingerprint density at radius 2 is 1.45 bits per heavy atom. The zero-order valence-electron chi connectivity index (χ0n) is 31.2. The standard InChI is InChI=1S/C40H65N3O6/c1-25(2)26-14-19-40(35(49)41-22-10-8-9-11-31(45)42-23-32(46)43-24-33(47)48)21-20-38(6)27(34(26)40)12-13-29-37(5)17-16-30(44)36(3,4)28(37)15-18-39(29,38)7/h26-30,34,44H,1,8-24H2,2-7H3,(H,41,49)(H,42,45)(H,43,46)(H,47,48)/t26-,27?,28-,29+,30-,34?,37-,38+,39+,40-/m0/s1. The molecule has 5 N–H and O–H groups in total. The summed E-state index contributed by atoms with van der Waals surface area (Å²) in [7, 11) is 0. The van der Waals surface area contributed by atoms with Crippen molar-refractivity contribution in [1.29, 1.82) is 0 Å². The SMILES string of the molecule is C=C(C)[C@@H]1CC[C@]2(C(=O)NCCCCCC(=O)NCC(=O)NCC(=O)O)CC[C@]3(C)C(CC[C@@H]4[C@@]5(C)CC[C@H](O)C(C)(C)[C@@H]5CC[C@]43C)C12. The second-order valence-corrected chi connectivity index (χ2v) is 18.2. The van der Waals surface area contributed by atoms with Gasteiger partial charge in [0.15, 0.2) is 0 Å². The predicted molar refractivity (Wildman–Crippen MR) is 190 cm³/mol. The summed E-state index contributed by atoms with van der Waals surface area (Å²) in [6.07, 6.45) is 13.1. The minimum Gasteiger partial charge on any atom is -0.480 e. The van der Waals surface area contributed by atoms with Crippen LogP contribution in [0.25, 0.3) is 0 Å². The van der Waals surface area contributed by atoms with Crippen molar-refractivity contribution in [3.8, 4) is 0 Å². The Balaban J connectivity index is 1.21. The highest BCUT2D eigenvalue weighted by Crippen LogP contribution is 2.77. The third kappa shape index (κ3) is 6.48. The molecule has 0 aromatic carbocycles. The van der Waals surface area contributed by atoms with Crippen LogP contribution in [0.3, 0.4) is 0 Å². The monoisotopic (exact) mass is 683 g/mol. The number of aliphatic hydroxyl groups is 1. The molecule has 49 heavy (non-hydrogen) atoms. The number of carbonyl (C=O) groups is 4. The van der Waals surface area contributed by atoms with E-state index in [-0.39, 0.29) is 58.0 Å². The van der Waals surface area contributed by atoms with Crippen LogP contribution in [0.4, 0.5) is 0 Å². The van der Waals surface area contributed by atoms with Crippen LogP contribution in [-0.4, -0.2) is 59.6 Å². The number of fused-ring (bicyclic) bond motifs is 7. The fourth-order valence-corrected chi connectivity index (χ4v) is 13.0. The van der Waals surface area contributed by atoms with E-state index < -0.39 is 18.4 Å². The lowest BCUT2D eigenvalue weighted by Gasteiger charge is -2.72. The highest BCUT2D eigenvalue weighted by atomic mass is 16.4. The first kappa shape index (κ1) is 37.8. The lowest BCUT2D eigenvalue weighted by atomic mass is 9.32. The number of hydrogen-bond donors (Lipinski definition) is 5. The van der Waals surface area contributed by atoms with Crippen molar-refractivity contribution in [3.05, 3.63) is 12.2 Å². The Morgan fingerprint density at radius 3 is 2.14 bits per heavy atom. The van der Waals surface area contributed by atoms with E-state index in [0.717, 1.165) is 51.4 Å². The van der Waals surface area contributed by atoms with Gasteiger partial charge in [-0.25, -0.2) is 0 Å². The van der Waals surface area contributed by atoms with Gasteiger partial charge in [0, 0.05) is 13.0 Å². The van der Waals surface area contributed by atoms with E-state index in [9.17, 15) is 24.3 Å². The summed E-state index contributed by atoms with van der Waals surface area (Å²) in [5, 5.41) is 27.8. The van der Waals surface area contributed by atoms with E-state index in [4.69, 9.17) is 5.11 Å². The van der Waals surface area contributed by atoms with Gasteiger partial charge in [0.2, 0.25) is 17.7 Å². The van der Waals surface area contributed by atoms with E-state index >= 15 is 0 Å². The van der Waals surface area contributed by atoms with Crippen molar-refractivity contribution < 1.29 is 29.4 Å². The van der Waals surface area contributed by atoms with Crippen LogP contribution in [0, 0.1) is 56.7 Å². The molecule has 0 bridgehead atoms. The summed E-state index contributed by atoms with van der Waals surface area (Å²) in [6, 6.07) is 0. The van der Waals surface area contributed by atoms with Gasteiger partial charge in [-0.1, -0.05) is 53.2 Å². The maximum Gasteiger partial charge on any atom is 0.322 e. The Labute approximate surface area is 294 Å². The molecule has 10 atom stereocenters. The number of nitrogens with one attached hydrogen (secondary N) is 3. The third-order valence-electron chi connectivity index (χ3n) is 15.7. The van der Waals surface area contributed by atoms with Gasteiger partial charge in [0.25, 0.3) is 0 Å². The molecule has 0 radical (unpaired) electrons. The molecule has 276 valence electrons. The number of aliphatic carboxylic acids is 1. The molecule has 0 aromatic rings. The van der Waals surface area contributed by atoms with Crippen molar-refractivity contribution in [2.24, 2.45) is 56.7 Å². The molecule has 0 aliphatic heterocycles. The number of unbranched alkanes of at least 4 members (excludes halogenated alkanes) is 2. The number of carboxylic acids is 1. The van der Waals surface area contributed by atoms with Crippen molar-refractivity contribution >= 4 is 23.7 Å². The van der Waals surface area contributed by atoms with E-state index in [1.165, 1.54) is 31.3 Å². The molecule has 5 fully saturated rings. The Hall–Kier alpha value is -2.42. The second-order valence-electron chi connectivity index (χ2n) is 18.2. The average Bonchev–Trinajstić information content (AvgIpc) is 3.44. The first-order valence-corrected chi connectivity index (χ1v) is 19.3. The highest BCUT2D eigenvalue weighted by molar-refractivity contribution is 5.86. The molecular formula is C40H65N3O6. The summed E-state index contributed by atoms with van der Waals surface area (Å²) in [4.78, 5) is 48.6. The fraction of sp³-hybridized carbons (Fsp3) is 0.850. The molecule has 0 heterocycles. The number of rotatable bonds is 12. The molecule has 5 rings (SSSR count). The molecule has 5 saturated carbocycles. The topological polar surface area (TPSA) is 145 Å². The smallest absolute Gasteiger partial charge is 0.322 e. The molecule has 3 amide bonds. The van der Waals surface area contributed by atoms with Gasteiger partial charge in [-0.3, -0.25) is 19.2 Å². The molecule has 2 unspecified atom stereocenters. The second kappa shape index (κ2) is 14.0. The summed E-state index contributed by atoms with van der Waals surface area (Å²) in [5.74, 6) is 0.664. The van der Waals surface area contributed by atoms with Crippen LogP contribution in [0.15, 0.2) is 12.2 Å². The number of carboxylic acid groups (broad SMARTS) is 1. The van der Waals surface area contributed by atoms with Crippen molar-refractivity contribution in [2.45, 2.75) is 138 Å². The predicted octanol–water partition coefficient (Wildman–Crippen LogP) is 6.00. The number of hydrogen-bond acceptors (Lipinski definition) is 5. The maximum absolute atomic E-state index is 14.3. The Bertz CT molecular complexity index is 1310. The molecule has 0 aromatic heterocycles. The molecular weight excluding hydrogens is 618 g/mol. The number of aliphatic hydroxyl groups excluding tert-OH is 1. The number of carbonyl (C=O) groups excluding carboxylic acids is 3. The lowest BCUT2D eigenvalue weighted by molar-refractivity contribution is -0.246. The minimum absolute atomic E-state index is 0.0581. The summed E-state index contributed by atoms with van der Waals surface area (Å²) < 4.78 is 0. The van der Waals surface area contributed by atoms with Crippen LogP contribution in [0.1, 0.15) is 131 Å². The average molecular weight is 684 g/mol. The zero-order chi connectivity index (χ0) is 36.0. The molecule has 9 nitrogen and oxygen atoms in total. The van der Waals surface area contributed by atoms with Gasteiger partial charge < -0.3 is 26.2 Å². The van der Waals surface area contributed by atoms with Crippen molar-refractivity contribution in [2.75, 3.05) is 19.6 Å². The van der Waals surface area contributed by atoms with Crippen LogP contribution in [-0.2, 0) is 19.2 Å². The van der Waals surface area contributed by atoms with E-state index in [0.29, 0.717) is 42.6 Å². The summed E-state index contributed by atoms with van der Waals surface area (Å²) >= 11 is 0. The number of amides is 3. The van der Waals surface area contributed by atoms with Gasteiger partial charge in [0.1, 0.15) is 6.54 Å². The lowest BCUT2D eigenvalue weighted by Crippen LogP contribution is -2.67. The molecule has 0 spiro atoms. The quantitative estimate of drug-likeness (QED) is 0.126. The normalized spacial score (nSPS) is 40.5. The van der Waals surface area contributed by atoms with Gasteiger partial charge in [-0.2, -0.15) is 0 Å². The first-order valence-electron chi connectivity index (χ1n) is 19.3. The minimum atomic E-state index is -1.13. The van der Waals surface area contributed by atoms with Crippen LogP contribution < -0.4 is 16.0 Å². The van der Waals surface area contributed by atoms with Crippen LogP contribution >= 0.6 is 0 Å². The van der Waals surface area contributed by atoms with Crippen LogP contribution in [0.5, 0.6) is 0 Å². The Morgan fingerprint density at radius 1 is 0.735 bits per heavy atom. The van der Waals surface area contributed by atoms with Gasteiger partial charge >= 0.3 is 5.97 Å². The van der Waals surface area contributed by atoms with Gasteiger partial charge in [0.05, 0.1) is 18.1 Å².